The van der Waals surface area contributed by atoms with Crippen LogP contribution >= 0.6 is 0 Å². The lowest BCUT2D eigenvalue weighted by Gasteiger charge is -2.30. The van der Waals surface area contributed by atoms with Crippen LogP contribution in [0.3, 0.4) is 0 Å². The molecule has 2 atom stereocenters. The molecule has 6 heteroatoms. The average molecular weight is 333 g/mol. The van der Waals surface area contributed by atoms with Crippen molar-refractivity contribution in [2.24, 2.45) is 5.92 Å². The highest BCUT2D eigenvalue weighted by atomic mass is 16.5. The number of amides is 1. The number of likely N-dealkylation sites (tertiary alicyclic amines) is 1. The Balaban J connectivity index is 1.61. The van der Waals surface area contributed by atoms with Crippen molar-refractivity contribution in [3.05, 3.63) is 29.8 Å². The first-order valence-electron chi connectivity index (χ1n) is 8.50. The van der Waals surface area contributed by atoms with Crippen molar-refractivity contribution in [2.75, 3.05) is 26.3 Å². The molecule has 2 aliphatic rings. The summed E-state index contributed by atoms with van der Waals surface area (Å²) in [5.41, 5.74) is 0.533. The molecule has 0 saturated carbocycles. The molecule has 6 nitrogen and oxygen atoms in total. The van der Waals surface area contributed by atoms with Crippen molar-refractivity contribution in [3.8, 4) is 5.75 Å². The number of carbonyl (C=O) groups is 2. The normalized spacial score (nSPS) is 23.9. The van der Waals surface area contributed by atoms with Gasteiger partial charge in [0.2, 0.25) is 0 Å². The maximum absolute atomic E-state index is 12.6. The molecule has 0 aliphatic carbocycles. The van der Waals surface area contributed by atoms with Crippen molar-refractivity contribution in [3.63, 3.8) is 0 Å². The highest BCUT2D eigenvalue weighted by molar-refractivity contribution is 5.95. The Bertz CT molecular complexity index is 597. The zero-order valence-corrected chi connectivity index (χ0v) is 13.6. The van der Waals surface area contributed by atoms with Crippen LogP contribution in [-0.4, -0.2) is 54.3 Å². The Morgan fingerprint density at radius 2 is 2.17 bits per heavy atom. The molecule has 0 bridgehead atoms. The van der Waals surface area contributed by atoms with E-state index in [1.54, 1.807) is 23.1 Å². The van der Waals surface area contributed by atoms with Crippen molar-refractivity contribution in [1.29, 1.82) is 0 Å². The van der Waals surface area contributed by atoms with Gasteiger partial charge < -0.3 is 19.5 Å². The van der Waals surface area contributed by atoms with Crippen LogP contribution in [0.15, 0.2) is 24.3 Å². The maximum Gasteiger partial charge on any atom is 0.308 e. The number of nitrogens with zero attached hydrogens (tertiary/aromatic N) is 1. The molecular formula is C18H23NO5. The first-order chi connectivity index (χ1) is 11.6. The minimum atomic E-state index is -0.832. The van der Waals surface area contributed by atoms with Gasteiger partial charge in [-0.25, -0.2) is 0 Å². The molecule has 1 aromatic rings. The van der Waals surface area contributed by atoms with E-state index in [0.29, 0.717) is 30.9 Å². The van der Waals surface area contributed by atoms with Crippen LogP contribution in [-0.2, 0) is 9.53 Å². The largest absolute Gasteiger partial charge is 0.491 e. The third-order valence-electron chi connectivity index (χ3n) is 4.60. The van der Waals surface area contributed by atoms with Crippen LogP contribution in [0.25, 0.3) is 0 Å². The number of benzene rings is 1. The molecule has 1 N–H and O–H groups in total. The summed E-state index contributed by atoms with van der Waals surface area (Å²) in [5.74, 6) is -0.797. The number of aliphatic carboxylic acids is 1. The molecule has 24 heavy (non-hydrogen) atoms. The molecule has 3 rings (SSSR count). The summed E-state index contributed by atoms with van der Waals surface area (Å²) in [6.07, 6.45) is 3.54. The molecular weight excluding hydrogens is 310 g/mol. The third-order valence-corrected chi connectivity index (χ3v) is 4.60. The number of carboxylic acid groups (broad SMARTS) is 1. The molecule has 0 radical (unpaired) electrons. The Kier molecular flexibility index (Phi) is 5.35. The van der Waals surface area contributed by atoms with Gasteiger partial charge in [-0.15, -0.1) is 0 Å². The van der Waals surface area contributed by atoms with Gasteiger partial charge in [0, 0.05) is 25.3 Å². The first-order valence-corrected chi connectivity index (χ1v) is 8.50. The van der Waals surface area contributed by atoms with Crippen LogP contribution in [0.4, 0.5) is 0 Å². The fraction of sp³-hybridized carbons (Fsp3) is 0.556. The molecule has 0 unspecified atom stereocenters. The summed E-state index contributed by atoms with van der Waals surface area (Å²) < 4.78 is 11.3. The SMILES string of the molecule is O=C(O)[C@H]1CCCN(C(=O)c2cccc(OC[C@H]3CCCO3)c2)C1. The first kappa shape index (κ1) is 16.8. The van der Waals surface area contributed by atoms with Crippen molar-refractivity contribution in [1.82, 2.24) is 4.90 Å². The Hall–Kier alpha value is -2.08. The maximum atomic E-state index is 12.6. The van der Waals surface area contributed by atoms with E-state index >= 15 is 0 Å². The number of carbonyl (C=O) groups excluding carboxylic acids is 1. The van der Waals surface area contributed by atoms with Gasteiger partial charge in [-0.3, -0.25) is 9.59 Å². The van der Waals surface area contributed by atoms with Gasteiger partial charge in [-0.1, -0.05) is 6.07 Å². The summed E-state index contributed by atoms with van der Waals surface area (Å²) in [6.45, 7) is 2.15. The van der Waals surface area contributed by atoms with Gasteiger partial charge in [-0.2, -0.15) is 0 Å². The third kappa shape index (κ3) is 4.06. The number of carboxylic acids is 1. The lowest BCUT2D eigenvalue weighted by atomic mass is 9.97. The minimum Gasteiger partial charge on any atom is -0.491 e. The summed E-state index contributed by atoms with van der Waals surface area (Å²) in [6, 6.07) is 7.08. The molecule has 2 fully saturated rings. The molecule has 0 spiro atoms. The second kappa shape index (κ2) is 7.66. The molecule has 2 aliphatic heterocycles. The highest BCUT2D eigenvalue weighted by Gasteiger charge is 2.28. The van der Waals surface area contributed by atoms with E-state index in [1.807, 2.05) is 6.07 Å². The van der Waals surface area contributed by atoms with Crippen LogP contribution in [0.5, 0.6) is 5.75 Å². The van der Waals surface area contributed by atoms with Crippen LogP contribution in [0.1, 0.15) is 36.0 Å². The Morgan fingerprint density at radius 1 is 1.29 bits per heavy atom. The number of hydrogen-bond acceptors (Lipinski definition) is 4. The van der Waals surface area contributed by atoms with Gasteiger partial charge in [0.25, 0.3) is 5.91 Å². The van der Waals surface area contributed by atoms with E-state index in [-0.39, 0.29) is 18.6 Å². The number of hydrogen-bond donors (Lipinski definition) is 1. The van der Waals surface area contributed by atoms with E-state index in [4.69, 9.17) is 14.6 Å². The predicted octanol–water partition coefficient (Wildman–Crippen LogP) is 2.18. The number of rotatable bonds is 5. The van der Waals surface area contributed by atoms with Gasteiger partial charge in [-0.05, 0) is 43.9 Å². The summed E-state index contributed by atoms with van der Waals surface area (Å²) >= 11 is 0. The predicted molar refractivity (Wildman–Crippen MR) is 87.2 cm³/mol. The van der Waals surface area contributed by atoms with Crippen LogP contribution in [0.2, 0.25) is 0 Å². The zero-order chi connectivity index (χ0) is 16.9. The van der Waals surface area contributed by atoms with Crippen LogP contribution < -0.4 is 4.74 Å². The average Bonchev–Trinajstić information content (AvgIpc) is 3.13. The molecule has 1 aromatic carbocycles. The molecule has 130 valence electrons. The lowest BCUT2D eigenvalue weighted by Crippen LogP contribution is -2.42. The number of ether oxygens (including phenoxy) is 2. The smallest absolute Gasteiger partial charge is 0.308 e. The lowest BCUT2D eigenvalue weighted by molar-refractivity contribution is -0.143. The van der Waals surface area contributed by atoms with Crippen molar-refractivity contribution in [2.45, 2.75) is 31.8 Å². The van der Waals surface area contributed by atoms with Gasteiger partial charge in [0.15, 0.2) is 0 Å². The van der Waals surface area contributed by atoms with E-state index in [0.717, 1.165) is 25.9 Å². The monoisotopic (exact) mass is 333 g/mol. The second-order valence-electron chi connectivity index (χ2n) is 6.40. The van der Waals surface area contributed by atoms with E-state index in [2.05, 4.69) is 0 Å². The van der Waals surface area contributed by atoms with Gasteiger partial charge in [0.1, 0.15) is 12.4 Å². The summed E-state index contributed by atoms with van der Waals surface area (Å²) in [4.78, 5) is 25.4. The van der Waals surface area contributed by atoms with E-state index < -0.39 is 11.9 Å². The molecule has 0 aromatic heterocycles. The van der Waals surface area contributed by atoms with E-state index in [1.165, 1.54) is 0 Å². The molecule has 2 heterocycles. The Labute approximate surface area is 141 Å². The van der Waals surface area contributed by atoms with E-state index in [9.17, 15) is 9.59 Å². The minimum absolute atomic E-state index is 0.128. The fourth-order valence-electron chi connectivity index (χ4n) is 3.23. The molecule has 1 amide bonds. The summed E-state index contributed by atoms with van der Waals surface area (Å²) in [5, 5.41) is 9.16. The fourth-order valence-corrected chi connectivity index (χ4v) is 3.23. The van der Waals surface area contributed by atoms with Crippen LogP contribution in [0, 0.1) is 5.92 Å². The zero-order valence-electron chi connectivity index (χ0n) is 13.6. The number of piperidine rings is 1. The standard InChI is InChI=1S/C18H23NO5/c20-17(19-8-2-5-14(11-19)18(21)22)13-4-1-6-15(10-13)24-12-16-7-3-9-23-16/h1,4,6,10,14,16H,2-3,5,7-9,11-12H2,(H,21,22)/t14-,16+/m0/s1. The summed E-state index contributed by atoms with van der Waals surface area (Å²) in [7, 11) is 0. The van der Waals surface area contributed by atoms with Gasteiger partial charge >= 0.3 is 5.97 Å². The van der Waals surface area contributed by atoms with Crippen molar-refractivity contribution >= 4 is 11.9 Å². The Morgan fingerprint density at radius 3 is 2.92 bits per heavy atom. The molecule has 2 saturated heterocycles. The quantitative estimate of drug-likeness (QED) is 0.894. The topological polar surface area (TPSA) is 76.1 Å². The van der Waals surface area contributed by atoms with Crippen molar-refractivity contribution < 1.29 is 24.2 Å². The highest BCUT2D eigenvalue weighted by Crippen LogP contribution is 2.21. The second-order valence-corrected chi connectivity index (χ2v) is 6.40. The van der Waals surface area contributed by atoms with Gasteiger partial charge in [0.05, 0.1) is 12.0 Å².